The van der Waals surface area contributed by atoms with Crippen molar-refractivity contribution in [2.75, 3.05) is 5.75 Å². The molecule has 0 radical (unpaired) electrons. The van der Waals surface area contributed by atoms with Crippen LogP contribution >= 0.6 is 0 Å². The molecular formula is C29H32F3N3O5S. The van der Waals surface area contributed by atoms with Gasteiger partial charge in [-0.2, -0.15) is 13.2 Å². The zero-order valence-electron chi connectivity index (χ0n) is 23.3. The highest BCUT2D eigenvalue weighted by Gasteiger charge is 2.31. The van der Waals surface area contributed by atoms with Crippen molar-refractivity contribution in [2.24, 2.45) is 0 Å². The molecular weight excluding hydrogens is 559 g/mol. The number of carbonyl (C=O) groups excluding carboxylic acids is 2. The molecule has 12 heteroatoms. The number of hydrogen-bond donors (Lipinski definition) is 2. The number of carbonyl (C=O) groups is 2. The maximum absolute atomic E-state index is 13.5. The second-order valence-electron chi connectivity index (χ2n) is 10.3. The fourth-order valence-electron chi connectivity index (χ4n) is 3.84. The summed E-state index contributed by atoms with van der Waals surface area (Å²) in [5.41, 5.74) is 0.429. The van der Waals surface area contributed by atoms with Gasteiger partial charge in [0, 0.05) is 18.3 Å². The highest BCUT2D eigenvalue weighted by Crippen LogP contribution is 2.34. The summed E-state index contributed by atoms with van der Waals surface area (Å²) < 4.78 is 69.9. The lowest BCUT2D eigenvalue weighted by Gasteiger charge is -2.20. The smallest absolute Gasteiger partial charge is 0.416 e. The molecule has 2 aromatic carbocycles. The molecule has 220 valence electrons. The molecule has 0 aliphatic heterocycles. The van der Waals surface area contributed by atoms with Gasteiger partial charge in [-0.25, -0.2) is 18.2 Å². The molecule has 8 nitrogen and oxygen atoms in total. The normalized spacial score (nSPS) is 12.9. The summed E-state index contributed by atoms with van der Waals surface area (Å²) in [7, 11) is -3.59. The number of nitrogens with one attached hydrogen (secondary N) is 2. The standard InChI is InChI=1S/C29H32F3N3O5S/c1-6-41(38,39)25-15-21(13-14-33-25)26(36)35-18(2)19-7-9-20(10-8-19)24-16-23(29(30,31)32)12-11-22(24)17-34-27(37)40-28(3,4)5/h7-16,18H,6,17H2,1-5H3,(H,34,37)(H,35,36)/t18-/m1/s1. The first kappa shape index (κ1) is 31.6. The molecule has 3 rings (SSSR count). The third-order valence-electron chi connectivity index (χ3n) is 6.02. The van der Waals surface area contributed by atoms with Crippen molar-refractivity contribution in [3.8, 4) is 11.1 Å². The van der Waals surface area contributed by atoms with Gasteiger partial charge in [-0.1, -0.05) is 37.3 Å². The number of hydrogen-bond acceptors (Lipinski definition) is 6. The van der Waals surface area contributed by atoms with Crippen molar-refractivity contribution in [1.29, 1.82) is 0 Å². The molecule has 41 heavy (non-hydrogen) atoms. The molecule has 0 saturated carbocycles. The highest BCUT2D eigenvalue weighted by molar-refractivity contribution is 7.91. The van der Waals surface area contributed by atoms with E-state index in [0.717, 1.165) is 12.1 Å². The molecule has 0 bridgehead atoms. The van der Waals surface area contributed by atoms with Crippen molar-refractivity contribution in [3.63, 3.8) is 0 Å². The number of rotatable bonds is 8. The first-order valence-corrected chi connectivity index (χ1v) is 14.4. The van der Waals surface area contributed by atoms with E-state index in [1.165, 1.54) is 31.3 Å². The summed E-state index contributed by atoms with van der Waals surface area (Å²) in [4.78, 5) is 28.7. The fraction of sp³-hybridized carbons (Fsp3) is 0.345. The van der Waals surface area contributed by atoms with Crippen LogP contribution in [0.3, 0.4) is 0 Å². The Morgan fingerprint density at radius 3 is 2.24 bits per heavy atom. The molecule has 2 N–H and O–H groups in total. The van der Waals surface area contributed by atoms with Gasteiger partial charge in [0.15, 0.2) is 14.9 Å². The predicted molar refractivity (Wildman–Crippen MR) is 148 cm³/mol. The van der Waals surface area contributed by atoms with Crippen molar-refractivity contribution < 1.29 is 35.9 Å². The van der Waals surface area contributed by atoms with Crippen molar-refractivity contribution in [2.45, 2.75) is 64.0 Å². The van der Waals surface area contributed by atoms with Crippen LogP contribution in [0.2, 0.25) is 0 Å². The molecule has 1 atom stereocenters. The Hall–Kier alpha value is -3.93. The first-order chi connectivity index (χ1) is 19.0. The molecule has 1 aromatic heterocycles. The lowest BCUT2D eigenvalue weighted by atomic mass is 9.95. The average molecular weight is 592 g/mol. The number of halogens is 3. The summed E-state index contributed by atoms with van der Waals surface area (Å²) in [6, 6.07) is 12.0. The monoisotopic (exact) mass is 591 g/mol. The Morgan fingerprint density at radius 2 is 1.66 bits per heavy atom. The number of amides is 2. The van der Waals surface area contributed by atoms with Crippen molar-refractivity contribution in [1.82, 2.24) is 15.6 Å². The summed E-state index contributed by atoms with van der Waals surface area (Å²) in [6.45, 7) is 8.25. The van der Waals surface area contributed by atoms with E-state index in [2.05, 4.69) is 15.6 Å². The molecule has 0 aliphatic carbocycles. The van der Waals surface area contributed by atoms with Crippen LogP contribution in [0, 0.1) is 0 Å². The molecule has 0 spiro atoms. The number of sulfone groups is 1. The number of ether oxygens (including phenoxy) is 1. The van der Waals surface area contributed by atoms with Gasteiger partial charge in [0.05, 0.1) is 17.4 Å². The maximum atomic E-state index is 13.5. The van der Waals surface area contributed by atoms with Crippen LogP contribution in [0.1, 0.15) is 67.7 Å². The second-order valence-corrected chi connectivity index (χ2v) is 12.6. The number of nitrogens with zero attached hydrogens (tertiary/aromatic N) is 1. The molecule has 0 fully saturated rings. The van der Waals surface area contributed by atoms with E-state index in [1.807, 2.05) is 0 Å². The van der Waals surface area contributed by atoms with E-state index >= 15 is 0 Å². The van der Waals surface area contributed by atoms with Gasteiger partial charge in [0.1, 0.15) is 5.60 Å². The highest BCUT2D eigenvalue weighted by atomic mass is 32.2. The van der Waals surface area contributed by atoms with Gasteiger partial charge in [-0.15, -0.1) is 0 Å². The van der Waals surface area contributed by atoms with E-state index < -0.39 is 45.2 Å². The third-order valence-corrected chi connectivity index (χ3v) is 7.64. The lowest BCUT2D eigenvalue weighted by Crippen LogP contribution is -2.32. The predicted octanol–water partition coefficient (Wildman–Crippen LogP) is 6.08. The van der Waals surface area contributed by atoms with E-state index in [0.29, 0.717) is 16.7 Å². The zero-order chi connectivity index (χ0) is 30.6. The van der Waals surface area contributed by atoms with Gasteiger partial charge in [-0.3, -0.25) is 4.79 Å². The van der Waals surface area contributed by atoms with Crippen LogP contribution < -0.4 is 10.6 Å². The Labute approximate surface area is 237 Å². The molecule has 2 amide bonds. The number of benzene rings is 2. The van der Waals surface area contributed by atoms with Crippen LogP contribution in [0.25, 0.3) is 11.1 Å². The van der Waals surface area contributed by atoms with Crippen LogP contribution in [-0.2, 0) is 27.3 Å². The minimum Gasteiger partial charge on any atom is -0.444 e. The zero-order valence-corrected chi connectivity index (χ0v) is 24.1. The molecule has 0 unspecified atom stereocenters. The number of alkyl carbamates (subject to hydrolysis) is 1. The number of aromatic nitrogens is 1. The molecule has 0 aliphatic rings. The fourth-order valence-corrected chi connectivity index (χ4v) is 4.66. The van der Waals surface area contributed by atoms with Gasteiger partial charge < -0.3 is 15.4 Å². The Balaban J connectivity index is 1.82. The molecule has 3 aromatic rings. The van der Waals surface area contributed by atoms with Crippen LogP contribution in [0.4, 0.5) is 18.0 Å². The minimum absolute atomic E-state index is 0.0573. The van der Waals surface area contributed by atoms with E-state index in [4.69, 9.17) is 4.74 Å². The maximum Gasteiger partial charge on any atom is 0.416 e. The van der Waals surface area contributed by atoms with E-state index in [9.17, 15) is 31.2 Å². The Kier molecular flexibility index (Phi) is 9.47. The summed E-state index contributed by atoms with van der Waals surface area (Å²) in [6.07, 6.45) is -4.01. The molecule has 0 saturated heterocycles. The second kappa shape index (κ2) is 12.3. The van der Waals surface area contributed by atoms with Crippen LogP contribution in [0.5, 0.6) is 0 Å². The average Bonchev–Trinajstić information content (AvgIpc) is 2.90. The van der Waals surface area contributed by atoms with Gasteiger partial charge in [0.2, 0.25) is 0 Å². The van der Waals surface area contributed by atoms with Gasteiger partial charge in [0.25, 0.3) is 5.91 Å². The van der Waals surface area contributed by atoms with Crippen LogP contribution in [-0.4, -0.2) is 36.8 Å². The topological polar surface area (TPSA) is 114 Å². The van der Waals surface area contributed by atoms with E-state index in [-0.39, 0.29) is 28.5 Å². The largest absolute Gasteiger partial charge is 0.444 e. The summed E-state index contributed by atoms with van der Waals surface area (Å²) in [5, 5.41) is 5.17. The number of pyridine rings is 1. The molecule has 1 heterocycles. The van der Waals surface area contributed by atoms with E-state index in [1.54, 1.807) is 52.0 Å². The van der Waals surface area contributed by atoms with Gasteiger partial charge in [-0.05, 0) is 74.2 Å². The quantitative estimate of drug-likeness (QED) is 0.328. The van der Waals surface area contributed by atoms with Crippen molar-refractivity contribution >= 4 is 21.8 Å². The SMILES string of the molecule is CCS(=O)(=O)c1cc(C(=O)N[C@H](C)c2ccc(-c3cc(C(F)(F)F)ccc3CNC(=O)OC(C)(C)C)cc2)ccn1. The Morgan fingerprint density at radius 1 is 1.00 bits per heavy atom. The summed E-state index contributed by atoms with van der Waals surface area (Å²) in [5.74, 6) is -0.664. The third kappa shape index (κ3) is 8.53. The summed E-state index contributed by atoms with van der Waals surface area (Å²) >= 11 is 0. The minimum atomic E-state index is -4.56. The Bertz CT molecular complexity index is 1520. The van der Waals surface area contributed by atoms with Crippen LogP contribution in [0.15, 0.2) is 65.8 Å². The first-order valence-electron chi connectivity index (χ1n) is 12.8. The lowest BCUT2D eigenvalue weighted by molar-refractivity contribution is -0.137. The van der Waals surface area contributed by atoms with Crippen molar-refractivity contribution in [3.05, 3.63) is 83.0 Å². The van der Waals surface area contributed by atoms with Gasteiger partial charge >= 0.3 is 12.3 Å². The number of alkyl halides is 3.